The van der Waals surface area contributed by atoms with Crippen LogP contribution in [-0.2, 0) is 0 Å². The summed E-state index contributed by atoms with van der Waals surface area (Å²) in [6.07, 6.45) is 2.17. The Morgan fingerprint density at radius 2 is 2.18 bits per heavy atom. The molecule has 0 aliphatic heterocycles. The van der Waals surface area contributed by atoms with E-state index in [-0.39, 0.29) is 0 Å². The monoisotopic (exact) mass is 173 g/mol. The molecule has 0 amide bonds. The van der Waals surface area contributed by atoms with E-state index in [2.05, 4.69) is 20.4 Å². The summed E-state index contributed by atoms with van der Waals surface area (Å²) in [5, 5.41) is 0. The van der Waals surface area contributed by atoms with Gasteiger partial charge in [0.1, 0.15) is 0 Å². The molecule has 1 unspecified atom stereocenters. The summed E-state index contributed by atoms with van der Waals surface area (Å²) in [6.45, 7) is 8.20. The van der Waals surface area contributed by atoms with Crippen molar-refractivity contribution in [3.05, 3.63) is 12.2 Å². The van der Waals surface area contributed by atoms with Crippen LogP contribution in [0.15, 0.2) is 12.2 Å². The molecule has 0 bridgehead atoms. The zero-order chi connectivity index (χ0) is 8.69. The van der Waals surface area contributed by atoms with Crippen LogP contribution in [0.25, 0.3) is 0 Å². The van der Waals surface area contributed by atoms with Gasteiger partial charge in [-0.2, -0.15) is 11.8 Å². The molecule has 0 fully saturated rings. The maximum absolute atomic E-state index is 5.75. The van der Waals surface area contributed by atoms with E-state index in [1.165, 1.54) is 5.57 Å². The fourth-order valence-electron chi connectivity index (χ4n) is 0.575. The largest absolute Gasteiger partial charge is 0.327 e. The van der Waals surface area contributed by atoms with E-state index in [9.17, 15) is 0 Å². The third-order valence-electron chi connectivity index (χ3n) is 1.66. The average Bonchev–Trinajstić information content (AvgIpc) is 2.04. The minimum atomic E-state index is 0.365. The molecule has 2 heteroatoms. The van der Waals surface area contributed by atoms with Crippen molar-refractivity contribution in [1.82, 2.24) is 0 Å². The molecule has 0 radical (unpaired) electrons. The smallest absolute Gasteiger partial charge is 0.0141 e. The summed E-state index contributed by atoms with van der Waals surface area (Å²) in [7, 11) is 0. The lowest BCUT2D eigenvalue weighted by Crippen LogP contribution is -2.21. The lowest BCUT2D eigenvalue weighted by Gasteiger charge is -2.07. The van der Waals surface area contributed by atoms with Crippen LogP contribution in [0.1, 0.15) is 26.7 Å². The van der Waals surface area contributed by atoms with E-state index < -0.39 is 0 Å². The Bertz CT molecular complexity index is 112. The topological polar surface area (TPSA) is 26.0 Å². The summed E-state index contributed by atoms with van der Waals surface area (Å²) >= 11 is 1.89. The summed E-state index contributed by atoms with van der Waals surface area (Å²) in [5.41, 5.74) is 7.07. The van der Waals surface area contributed by atoms with E-state index >= 15 is 0 Å². The normalized spacial score (nSPS) is 13.0. The molecule has 2 N–H and O–H groups in total. The first-order valence-corrected chi connectivity index (χ1v) is 5.36. The fraction of sp³-hybridized carbons (Fsp3) is 0.778. The number of hydrogen-bond donors (Lipinski definition) is 1. The van der Waals surface area contributed by atoms with Crippen molar-refractivity contribution in [2.75, 3.05) is 11.5 Å². The van der Waals surface area contributed by atoms with Crippen molar-refractivity contribution >= 4 is 11.8 Å². The lowest BCUT2D eigenvalue weighted by atomic mass is 10.3. The van der Waals surface area contributed by atoms with Gasteiger partial charge in [-0.25, -0.2) is 0 Å². The van der Waals surface area contributed by atoms with Gasteiger partial charge in [0.25, 0.3) is 0 Å². The molecule has 1 nitrogen and oxygen atoms in total. The number of nitrogens with two attached hydrogens (primary N) is 1. The summed E-state index contributed by atoms with van der Waals surface area (Å²) in [4.78, 5) is 0. The Labute approximate surface area is 74.4 Å². The Kier molecular flexibility index (Phi) is 6.77. The Morgan fingerprint density at radius 3 is 2.64 bits per heavy atom. The van der Waals surface area contributed by atoms with Crippen molar-refractivity contribution in [3.63, 3.8) is 0 Å². The van der Waals surface area contributed by atoms with Crippen LogP contribution in [0, 0.1) is 0 Å². The predicted octanol–water partition coefficient (Wildman–Crippen LogP) is 2.42. The van der Waals surface area contributed by atoms with Gasteiger partial charge in [-0.1, -0.05) is 26.0 Å². The van der Waals surface area contributed by atoms with Crippen LogP contribution in [0.5, 0.6) is 0 Å². The van der Waals surface area contributed by atoms with Crippen LogP contribution in [0.4, 0.5) is 0 Å². The Balaban J connectivity index is 3.20. The second kappa shape index (κ2) is 6.74. The molecule has 1 atom stereocenters. The third-order valence-corrected chi connectivity index (χ3v) is 2.94. The molecule has 0 spiro atoms. The summed E-state index contributed by atoms with van der Waals surface area (Å²) < 4.78 is 0. The molecule has 66 valence electrons. The summed E-state index contributed by atoms with van der Waals surface area (Å²) in [5.74, 6) is 2.14. The van der Waals surface area contributed by atoms with E-state index in [1.807, 2.05) is 11.8 Å². The Morgan fingerprint density at radius 1 is 1.55 bits per heavy atom. The van der Waals surface area contributed by atoms with Gasteiger partial charge in [-0.05, 0) is 12.8 Å². The minimum absolute atomic E-state index is 0.365. The van der Waals surface area contributed by atoms with Crippen LogP contribution in [0.2, 0.25) is 0 Å². The van der Waals surface area contributed by atoms with Crippen molar-refractivity contribution < 1.29 is 0 Å². The molecule has 0 heterocycles. The van der Waals surface area contributed by atoms with Crippen molar-refractivity contribution in [2.24, 2.45) is 5.73 Å². The van der Waals surface area contributed by atoms with Crippen LogP contribution in [-0.4, -0.2) is 17.5 Å². The molecule has 11 heavy (non-hydrogen) atoms. The fourth-order valence-corrected chi connectivity index (χ4v) is 1.72. The van der Waals surface area contributed by atoms with Crippen molar-refractivity contribution in [3.8, 4) is 0 Å². The van der Waals surface area contributed by atoms with Crippen LogP contribution < -0.4 is 5.73 Å². The molecule has 0 aromatic carbocycles. The van der Waals surface area contributed by atoms with E-state index in [4.69, 9.17) is 5.73 Å². The highest BCUT2D eigenvalue weighted by atomic mass is 32.2. The molecule has 0 aliphatic rings. The van der Waals surface area contributed by atoms with Crippen molar-refractivity contribution in [1.29, 1.82) is 0 Å². The first kappa shape index (κ1) is 11.1. The molecular formula is C9H19NS. The maximum atomic E-state index is 5.75. The van der Waals surface area contributed by atoms with Gasteiger partial charge >= 0.3 is 0 Å². The quantitative estimate of drug-likeness (QED) is 0.624. The predicted molar refractivity (Wildman–Crippen MR) is 55.0 cm³/mol. The first-order valence-electron chi connectivity index (χ1n) is 4.20. The standard InChI is InChI=1S/C9H19NS/c1-4-8(3)6-11-7-9(10)5-2/h9H,3-7,10H2,1-2H3. The molecule has 0 aromatic heterocycles. The second-order valence-corrected chi connectivity index (χ2v) is 3.82. The zero-order valence-corrected chi connectivity index (χ0v) is 8.41. The van der Waals surface area contributed by atoms with Gasteiger partial charge in [0.05, 0.1) is 0 Å². The summed E-state index contributed by atoms with van der Waals surface area (Å²) in [6, 6.07) is 0.365. The average molecular weight is 173 g/mol. The van der Waals surface area contributed by atoms with Crippen LogP contribution >= 0.6 is 11.8 Å². The molecule has 0 aliphatic carbocycles. The first-order chi connectivity index (χ1) is 5.20. The minimum Gasteiger partial charge on any atom is -0.327 e. The number of rotatable bonds is 6. The highest BCUT2D eigenvalue weighted by molar-refractivity contribution is 7.99. The highest BCUT2D eigenvalue weighted by Crippen LogP contribution is 2.10. The molecule has 0 aromatic rings. The second-order valence-electron chi connectivity index (χ2n) is 2.79. The van der Waals surface area contributed by atoms with Gasteiger partial charge < -0.3 is 5.73 Å². The van der Waals surface area contributed by atoms with Gasteiger partial charge in [-0.15, -0.1) is 0 Å². The van der Waals surface area contributed by atoms with E-state index in [0.717, 1.165) is 24.3 Å². The molecule has 0 saturated heterocycles. The molecular weight excluding hydrogens is 154 g/mol. The number of hydrogen-bond acceptors (Lipinski definition) is 2. The highest BCUT2D eigenvalue weighted by Gasteiger charge is 1.98. The number of thioether (sulfide) groups is 1. The van der Waals surface area contributed by atoms with E-state index in [1.54, 1.807) is 0 Å². The maximum Gasteiger partial charge on any atom is 0.0141 e. The van der Waals surface area contributed by atoms with Crippen LogP contribution in [0.3, 0.4) is 0 Å². The van der Waals surface area contributed by atoms with Gasteiger partial charge in [0.2, 0.25) is 0 Å². The third kappa shape index (κ3) is 6.45. The zero-order valence-electron chi connectivity index (χ0n) is 7.60. The lowest BCUT2D eigenvalue weighted by molar-refractivity contribution is 0.725. The van der Waals surface area contributed by atoms with Gasteiger partial charge in [-0.3, -0.25) is 0 Å². The van der Waals surface area contributed by atoms with Gasteiger partial charge in [0, 0.05) is 17.5 Å². The Hall–Kier alpha value is 0.0500. The molecule has 0 saturated carbocycles. The van der Waals surface area contributed by atoms with Gasteiger partial charge in [0.15, 0.2) is 0 Å². The SMILES string of the molecule is C=C(CC)CSCC(N)CC. The van der Waals surface area contributed by atoms with E-state index in [0.29, 0.717) is 6.04 Å². The molecule has 0 rings (SSSR count). The van der Waals surface area contributed by atoms with Crippen molar-refractivity contribution in [2.45, 2.75) is 32.7 Å².